The van der Waals surface area contributed by atoms with Crippen molar-refractivity contribution in [3.8, 4) is 11.4 Å². The van der Waals surface area contributed by atoms with Gasteiger partial charge in [-0.3, -0.25) is 8.37 Å². The van der Waals surface area contributed by atoms with Crippen LogP contribution >= 0.6 is 0 Å². The first-order valence-electron chi connectivity index (χ1n) is 21.1. The van der Waals surface area contributed by atoms with Crippen LogP contribution in [0.1, 0.15) is 41.9 Å². The summed E-state index contributed by atoms with van der Waals surface area (Å²) in [6, 6.07) is 2.29. The van der Waals surface area contributed by atoms with Gasteiger partial charge in [0, 0.05) is 17.7 Å². The van der Waals surface area contributed by atoms with Crippen molar-refractivity contribution in [1.29, 1.82) is 0 Å². The summed E-state index contributed by atoms with van der Waals surface area (Å²) in [7, 11) is -12.0. The topological polar surface area (TPSA) is 165 Å². The van der Waals surface area contributed by atoms with Crippen molar-refractivity contribution < 1.29 is 111 Å². The number of nitrogens with zero attached hydrogens (tertiary/aromatic N) is 4. The van der Waals surface area contributed by atoms with Gasteiger partial charge in [-0.25, -0.2) is 79.6 Å². The van der Waals surface area contributed by atoms with Gasteiger partial charge in [0.15, 0.2) is 69.8 Å². The van der Waals surface area contributed by atoms with Crippen LogP contribution in [-0.2, 0) is 34.5 Å². The largest absolute Gasteiger partial charge is 0.430 e. The van der Waals surface area contributed by atoms with Crippen LogP contribution in [0.5, 0.6) is 0 Å². The molecule has 30 heteroatoms. The molecule has 3 N–H and O–H groups in total. The van der Waals surface area contributed by atoms with Gasteiger partial charge < -0.3 is 15.3 Å². The minimum absolute atomic E-state index is 0.427. The Labute approximate surface area is 406 Å². The van der Waals surface area contributed by atoms with Crippen LogP contribution in [0.25, 0.3) is 28.1 Å². The highest BCUT2D eigenvalue weighted by Gasteiger charge is 2.69. The molecule has 0 aliphatic carbocycles. The van der Waals surface area contributed by atoms with Crippen LogP contribution in [0.4, 0.5) is 65.9 Å². The van der Waals surface area contributed by atoms with E-state index in [0.717, 1.165) is 19.9 Å². The van der Waals surface area contributed by atoms with E-state index < -0.39 is 232 Å². The van der Waals surface area contributed by atoms with Gasteiger partial charge >= 0.3 is 5.91 Å². The summed E-state index contributed by atoms with van der Waals surface area (Å²) in [5, 5.41) is 30.9. The average Bonchev–Trinajstić information content (AvgIpc) is 4.35. The Balaban J connectivity index is 1.40. The van der Waals surface area contributed by atoms with Crippen molar-refractivity contribution in [2.45, 2.75) is 60.1 Å². The van der Waals surface area contributed by atoms with Crippen LogP contribution in [-0.4, -0.2) is 86.7 Å². The van der Waals surface area contributed by atoms with Gasteiger partial charge in [0.2, 0.25) is 28.9 Å². The van der Waals surface area contributed by atoms with Crippen LogP contribution in [0.2, 0.25) is 0 Å². The maximum Gasteiger partial charge on any atom is 0.430 e. The third-order valence-corrected chi connectivity index (χ3v) is 16.3. The first-order valence-corrected chi connectivity index (χ1v) is 24.0. The Morgan fingerprint density at radius 2 is 0.893 bits per heavy atom. The lowest BCUT2D eigenvalue weighted by Crippen LogP contribution is -2.67. The molecule has 13 nitrogen and oxygen atoms in total. The second kappa shape index (κ2) is 15.1. The molecule has 75 heavy (non-hydrogen) atoms. The molecule has 390 valence electrons. The number of aromatic nitrogens is 3. The van der Waals surface area contributed by atoms with Crippen molar-refractivity contribution in [1.82, 2.24) is 13.7 Å². The van der Waals surface area contributed by atoms with E-state index in [4.69, 9.17) is 8.37 Å². The predicted octanol–water partition coefficient (Wildman–Crippen LogP) is 4.68. The number of halogens is 15. The number of allylic oxidation sites excluding steroid dienone is 2. The Bertz CT molecular complexity index is 4210. The summed E-state index contributed by atoms with van der Waals surface area (Å²) in [4.78, 5) is -2.81. The summed E-state index contributed by atoms with van der Waals surface area (Å²) in [6.45, 7) is 1.55. The van der Waals surface area contributed by atoms with E-state index in [9.17, 15) is 28.5 Å². The Hall–Kier alpha value is -6.96. The van der Waals surface area contributed by atoms with E-state index in [1.165, 1.54) is 0 Å². The molecule has 3 aromatic heterocycles. The van der Waals surface area contributed by atoms with Crippen molar-refractivity contribution >= 4 is 42.7 Å². The summed E-state index contributed by atoms with van der Waals surface area (Å²) in [5.74, 6) is -43.3. The van der Waals surface area contributed by atoms with Crippen LogP contribution < -0.4 is 10.7 Å². The molecule has 6 aromatic rings. The van der Waals surface area contributed by atoms with Gasteiger partial charge in [-0.2, -0.15) is 16.8 Å². The Morgan fingerprint density at radius 3 is 1.36 bits per heavy atom. The standard InChI is InChI=1S/C45H20F15N4O9S2/c1-9(65)42(67)44-43(10(2)66)72-74(68,69)17-7-15-20(23-27(48)33(54)38(59)34(55)28(23)49)13-4-3-11-19(22-25(46)31(52)37(58)32(53)26(22)47)12-5-6-14-21(24-29(50)35(56)39(60)36(57)30(24)51)41-18(75(70,71)73-44)8-16-40(17)63(15)45(61(11)13,62(12)14)64(16)41/h3-10,42-44,65-67H,1-2H3/q+1. The van der Waals surface area contributed by atoms with Gasteiger partial charge in [0.1, 0.15) is 28.1 Å². The Kier molecular flexibility index (Phi) is 9.87. The van der Waals surface area contributed by atoms with Crippen LogP contribution in [0.15, 0.2) is 51.9 Å². The van der Waals surface area contributed by atoms with E-state index in [1.807, 2.05) is 0 Å². The van der Waals surface area contributed by atoms with E-state index in [-0.39, 0.29) is 0 Å². The van der Waals surface area contributed by atoms with E-state index >= 15 is 69.5 Å². The first-order chi connectivity index (χ1) is 35.1. The number of rotatable bonds is 6. The molecule has 0 saturated carbocycles. The molecule has 6 atom stereocenters. The number of aliphatic hydroxyl groups is 3. The molecule has 1 spiro atoms. The highest BCUT2D eigenvalue weighted by Crippen LogP contribution is 2.59. The first kappa shape index (κ1) is 48.9. The van der Waals surface area contributed by atoms with E-state index in [1.54, 1.807) is 0 Å². The zero-order valence-electron chi connectivity index (χ0n) is 36.4. The fraction of sp³-hybridized carbons (Fsp3) is 0.178. The molecular formula is C45H20F15N4O9S2+. The molecule has 12 rings (SSSR count). The molecule has 0 fully saturated rings. The number of fused-ring (bicyclic) bond motifs is 2. The summed E-state index contributed by atoms with van der Waals surface area (Å²) in [6.07, 6.45) is -11.2. The zero-order valence-corrected chi connectivity index (χ0v) is 38.0. The lowest BCUT2D eigenvalue weighted by Gasteiger charge is -2.41. The zero-order chi connectivity index (χ0) is 54.3. The van der Waals surface area contributed by atoms with Gasteiger partial charge in [-0.1, -0.05) is 0 Å². The lowest BCUT2D eigenvalue weighted by atomic mass is 9.94. The number of hydrogen-bond donors (Lipinski definition) is 3. The second-order valence-corrected chi connectivity index (χ2v) is 20.7. The molecule has 0 saturated heterocycles. The van der Waals surface area contributed by atoms with Crippen molar-refractivity contribution in [2.75, 3.05) is 0 Å². The van der Waals surface area contributed by atoms with Gasteiger partial charge in [-0.05, 0) is 38.1 Å². The lowest BCUT2D eigenvalue weighted by molar-refractivity contribution is -0.610. The molecule has 9 heterocycles. The van der Waals surface area contributed by atoms with Gasteiger partial charge in [0.25, 0.3) is 20.2 Å². The van der Waals surface area contributed by atoms with E-state index in [2.05, 4.69) is 0 Å². The quantitative estimate of drug-likeness (QED) is 0.0707. The normalized spacial score (nSPS) is 22.4. The number of hydrogen-bond acceptors (Lipinski definition) is 9. The number of aliphatic hydroxyl groups excluding tert-OH is 3. The van der Waals surface area contributed by atoms with Crippen molar-refractivity contribution in [2.24, 2.45) is 0 Å². The molecule has 6 aliphatic rings. The van der Waals surface area contributed by atoms with Crippen molar-refractivity contribution in [3.05, 3.63) is 168 Å². The second-order valence-electron chi connectivity index (χ2n) is 17.6. The SMILES string of the molecule is CC(O)C(O)C1OS(=O)(=O)c2cc3n4c2C(c2c(F)c(F)c(F)c(F)c2F)=C2C=CC5=[N+]2C42n4c(cc(c4-3)S(=O)(=O)OC1C(C)O)C(c1c(F)c(F)c(F)c(F)c1F)=c1ccc(n12)=C5c1c(F)c(F)c(F)c(F)c1F. The molecule has 6 aliphatic heterocycles. The van der Waals surface area contributed by atoms with Gasteiger partial charge in [-0.15, -0.1) is 4.58 Å². The maximum absolute atomic E-state index is 16.6. The third-order valence-electron chi connectivity index (χ3n) is 13.7. The van der Waals surface area contributed by atoms with Gasteiger partial charge in [0.05, 0.1) is 73.5 Å². The molecule has 2 bridgehead atoms. The highest BCUT2D eigenvalue weighted by molar-refractivity contribution is 7.87. The fourth-order valence-corrected chi connectivity index (χ4v) is 13.4. The molecule has 3 aromatic carbocycles. The maximum atomic E-state index is 16.6. The molecule has 6 unspecified atom stereocenters. The minimum atomic E-state index is -6.04. The molecule has 0 amide bonds. The van der Waals surface area contributed by atoms with Crippen LogP contribution in [0, 0.1) is 87.3 Å². The minimum Gasteiger partial charge on any atom is -0.391 e. The predicted molar refractivity (Wildman–Crippen MR) is 217 cm³/mol. The molecular weight excluding hydrogens is 1090 g/mol. The summed E-state index contributed by atoms with van der Waals surface area (Å²) >= 11 is 0. The van der Waals surface area contributed by atoms with Crippen molar-refractivity contribution in [3.63, 3.8) is 0 Å². The summed E-state index contributed by atoms with van der Waals surface area (Å²) < 4.78 is 309. The fourth-order valence-electron chi connectivity index (χ4n) is 10.7. The van der Waals surface area contributed by atoms with E-state index in [0.29, 0.717) is 48.6 Å². The monoisotopic (exact) mass is 1110 g/mol. The molecule has 0 radical (unpaired) electrons. The third kappa shape index (κ3) is 5.60. The number of benzene rings is 3. The smallest absolute Gasteiger partial charge is 0.391 e. The van der Waals surface area contributed by atoms with Crippen LogP contribution in [0.3, 0.4) is 0 Å². The average molecular weight is 1110 g/mol. The Morgan fingerprint density at radius 1 is 0.507 bits per heavy atom. The highest BCUT2D eigenvalue weighted by atomic mass is 32.2. The summed E-state index contributed by atoms with van der Waals surface area (Å²) in [5.41, 5.74) is -16.1.